The first-order valence-corrected chi connectivity index (χ1v) is 6.42. The van der Waals surface area contributed by atoms with Crippen LogP contribution in [-0.4, -0.2) is 17.5 Å². The Morgan fingerprint density at radius 1 is 1.06 bits per heavy atom. The normalized spacial score (nSPS) is 14.9. The van der Waals surface area contributed by atoms with E-state index >= 15 is 0 Å². The van der Waals surface area contributed by atoms with Gasteiger partial charge < -0.3 is 4.74 Å². The Morgan fingerprint density at radius 3 is 1.88 bits per heavy atom. The van der Waals surface area contributed by atoms with Crippen LogP contribution < -0.4 is 0 Å². The van der Waals surface area contributed by atoms with Crippen molar-refractivity contribution in [1.82, 2.24) is 0 Å². The first-order chi connectivity index (χ1) is 7.20. The summed E-state index contributed by atoms with van der Waals surface area (Å²) < 4.78 is 5.94. The number of hydrogen-bond donors (Lipinski definition) is 0. The number of rotatable bonds is 7. The third-order valence-electron chi connectivity index (χ3n) is 3.53. The summed E-state index contributed by atoms with van der Waals surface area (Å²) in [6, 6.07) is 0. The third-order valence-corrected chi connectivity index (χ3v) is 3.53. The van der Waals surface area contributed by atoms with Gasteiger partial charge in [0.1, 0.15) is 6.10 Å². The van der Waals surface area contributed by atoms with Gasteiger partial charge in [0.2, 0.25) is 0 Å². The van der Waals surface area contributed by atoms with E-state index in [2.05, 4.69) is 13.8 Å². The first-order valence-electron chi connectivity index (χ1n) is 6.42. The highest BCUT2D eigenvalue weighted by molar-refractivity contribution is 5.88. The van der Waals surface area contributed by atoms with E-state index in [1.54, 1.807) is 0 Å². The number of ether oxygens (including phenoxy) is 1. The van der Waals surface area contributed by atoms with Crippen LogP contribution in [0, 0.1) is 5.41 Å². The molecule has 0 bridgehead atoms. The summed E-state index contributed by atoms with van der Waals surface area (Å²) in [5.74, 6) is 0.235. The molecule has 0 aromatic heterocycles. The first kappa shape index (κ1) is 15.6. The van der Waals surface area contributed by atoms with Crippen molar-refractivity contribution < 1.29 is 9.53 Å². The molecule has 0 heterocycles. The molecule has 0 spiro atoms. The molecule has 0 amide bonds. The number of Topliss-reactive ketones (excluding diaryl/α,β-unsaturated/α-hetero) is 1. The van der Waals surface area contributed by atoms with Crippen LogP contribution >= 0.6 is 0 Å². The SMILES string of the molecule is CCC(OC(C)(C)CC)C(=O)C(C)(C)CC. The van der Waals surface area contributed by atoms with Gasteiger partial charge in [0.05, 0.1) is 5.60 Å². The lowest BCUT2D eigenvalue weighted by Crippen LogP contribution is -2.40. The van der Waals surface area contributed by atoms with Crippen LogP contribution in [0.15, 0.2) is 0 Å². The average molecular weight is 228 g/mol. The molecule has 0 aliphatic rings. The molecule has 0 fully saturated rings. The molecule has 0 aromatic carbocycles. The molecule has 16 heavy (non-hydrogen) atoms. The van der Waals surface area contributed by atoms with E-state index in [1.807, 2.05) is 34.6 Å². The largest absolute Gasteiger partial charge is 0.365 e. The van der Waals surface area contributed by atoms with E-state index in [0.29, 0.717) is 0 Å². The van der Waals surface area contributed by atoms with Crippen molar-refractivity contribution in [2.24, 2.45) is 5.41 Å². The fourth-order valence-electron chi connectivity index (χ4n) is 1.40. The van der Waals surface area contributed by atoms with E-state index in [4.69, 9.17) is 4.74 Å². The van der Waals surface area contributed by atoms with Crippen LogP contribution in [0.25, 0.3) is 0 Å². The smallest absolute Gasteiger partial charge is 0.167 e. The second-order valence-electron chi connectivity index (χ2n) is 5.73. The van der Waals surface area contributed by atoms with Gasteiger partial charge in [-0.05, 0) is 33.1 Å². The quantitative estimate of drug-likeness (QED) is 0.659. The van der Waals surface area contributed by atoms with Gasteiger partial charge in [0.25, 0.3) is 0 Å². The zero-order chi connectivity index (χ0) is 13.0. The van der Waals surface area contributed by atoms with Gasteiger partial charge in [0.15, 0.2) is 5.78 Å². The standard InChI is InChI=1S/C14H28O2/c1-8-11(16-14(6,7)10-3)12(15)13(4,5)9-2/h11H,8-10H2,1-7H3. The summed E-state index contributed by atoms with van der Waals surface area (Å²) in [5.41, 5.74) is -0.481. The molecule has 2 nitrogen and oxygen atoms in total. The van der Waals surface area contributed by atoms with E-state index in [1.165, 1.54) is 0 Å². The topological polar surface area (TPSA) is 26.3 Å². The van der Waals surface area contributed by atoms with Crippen LogP contribution in [-0.2, 0) is 9.53 Å². The second kappa shape index (κ2) is 5.81. The molecule has 0 saturated heterocycles. The zero-order valence-corrected chi connectivity index (χ0v) is 12.0. The highest BCUT2D eigenvalue weighted by Gasteiger charge is 2.34. The van der Waals surface area contributed by atoms with Gasteiger partial charge in [0, 0.05) is 5.41 Å². The Kier molecular flexibility index (Phi) is 5.67. The van der Waals surface area contributed by atoms with Gasteiger partial charge in [-0.25, -0.2) is 0 Å². The van der Waals surface area contributed by atoms with Crippen LogP contribution in [0.3, 0.4) is 0 Å². The molecule has 96 valence electrons. The van der Waals surface area contributed by atoms with Crippen molar-refractivity contribution in [2.75, 3.05) is 0 Å². The predicted molar refractivity (Wildman–Crippen MR) is 68.6 cm³/mol. The van der Waals surface area contributed by atoms with Crippen LogP contribution in [0.4, 0.5) is 0 Å². The Bertz CT molecular complexity index is 229. The molecule has 0 aliphatic carbocycles. The molecular formula is C14H28O2. The highest BCUT2D eigenvalue weighted by atomic mass is 16.5. The summed E-state index contributed by atoms with van der Waals surface area (Å²) in [5, 5.41) is 0. The maximum atomic E-state index is 12.3. The molecule has 1 atom stereocenters. The third kappa shape index (κ3) is 4.25. The lowest BCUT2D eigenvalue weighted by Gasteiger charge is -2.33. The van der Waals surface area contributed by atoms with Crippen LogP contribution in [0.1, 0.15) is 67.7 Å². The molecule has 1 unspecified atom stereocenters. The Labute approximate surface area is 101 Å². The summed E-state index contributed by atoms with van der Waals surface area (Å²) >= 11 is 0. The van der Waals surface area contributed by atoms with Crippen molar-refractivity contribution in [3.63, 3.8) is 0 Å². The average Bonchev–Trinajstić information content (AvgIpc) is 2.25. The van der Waals surface area contributed by atoms with E-state index < -0.39 is 0 Å². The molecule has 0 aliphatic heterocycles. The molecule has 0 saturated carbocycles. The second-order valence-corrected chi connectivity index (χ2v) is 5.73. The maximum Gasteiger partial charge on any atom is 0.167 e. The van der Waals surface area contributed by atoms with Crippen LogP contribution in [0.2, 0.25) is 0 Å². The van der Waals surface area contributed by atoms with Crippen molar-refractivity contribution in [3.05, 3.63) is 0 Å². The van der Waals surface area contributed by atoms with Gasteiger partial charge in [-0.3, -0.25) is 4.79 Å². The minimum atomic E-state index is -0.273. The van der Waals surface area contributed by atoms with Crippen LogP contribution in [0.5, 0.6) is 0 Å². The van der Waals surface area contributed by atoms with Crippen molar-refractivity contribution in [2.45, 2.75) is 79.4 Å². The molecule has 0 rings (SSSR count). The minimum absolute atomic E-state index is 0.208. The molecule has 0 N–H and O–H groups in total. The van der Waals surface area contributed by atoms with Crippen molar-refractivity contribution in [1.29, 1.82) is 0 Å². The molecular weight excluding hydrogens is 200 g/mol. The summed E-state index contributed by atoms with van der Waals surface area (Å²) in [7, 11) is 0. The van der Waals surface area contributed by atoms with Crippen molar-refractivity contribution in [3.8, 4) is 0 Å². The lowest BCUT2D eigenvalue weighted by atomic mass is 9.82. The fourth-order valence-corrected chi connectivity index (χ4v) is 1.40. The maximum absolute atomic E-state index is 12.3. The summed E-state index contributed by atoms with van der Waals surface area (Å²) in [4.78, 5) is 12.3. The monoisotopic (exact) mass is 228 g/mol. The Hall–Kier alpha value is -0.370. The van der Waals surface area contributed by atoms with Gasteiger partial charge in [-0.15, -0.1) is 0 Å². The minimum Gasteiger partial charge on any atom is -0.365 e. The Morgan fingerprint density at radius 2 is 1.56 bits per heavy atom. The fraction of sp³-hybridized carbons (Fsp3) is 0.929. The number of carbonyl (C=O) groups is 1. The van der Waals surface area contributed by atoms with Gasteiger partial charge in [-0.2, -0.15) is 0 Å². The Balaban J connectivity index is 4.69. The summed E-state index contributed by atoms with van der Waals surface area (Å²) in [6.07, 6.45) is 2.28. The lowest BCUT2D eigenvalue weighted by molar-refractivity contribution is -0.151. The van der Waals surface area contributed by atoms with Gasteiger partial charge >= 0.3 is 0 Å². The highest BCUT2D eigenvalue weighted by Crippen LogP contribution is 2.27. The zero-order valence-electron chi connectivity index (χ0n) is 12.0. The number of hydrogen-bond acceptors (Lipinski definition) is 2. The number of ketones is 1. The predicted octanol–water partition coefficient (Wildman–Crippen LogP) is 3.98. The summed E-state index contributed by atoms with van der Waals surface area (Å²) in [6.45, 7) is 14.2. The van der Waals surface area contributed by atoms with E-state index in [9.17, 15) is 4.79 Å². The van der Waals surface area contributed by atoms with E-state index in [-0.39, 0.29) is 22.9 Å². The molecule has 0 aromatic rings. The van der Waals surface area contributed by atoms with Crippen molar-refractivity contribution >= 4 is 5.78 Å². The van der Waals surface area contributed by atoms with E-state index in [0.717, 1.165) is 19.3 Å². The molecule has 2 heteroatoms. The number of carbonyl (C=O) groups excluding carboxylic acids is 1. The molecule has 0 radical (unpaired) electrons. The van der Waals surface area contributed by atoms with Gasteiger partial charge in [-0.1, -0.05) is 34.6 Å².